The molecule has 1 aromatic rings. The van der Waals surface area contributed by atoms with Gasteiger partial charge in [-0.05, 0) is 25.9 Å². The first-order valence-electron chi connectivity index (χ1n) is 6.90. The summed E-state index contributed by atoms with van der Waals surface area (Å²) in [6.45, 7) is 5.97. The van der Waals surface area contributed by atoms with Crippen LogP contribution in [0.5, 0.6) is 0 Å². The predicted molar refractivity (Wildman–Crippen MR) is 77.5 cm³/mol. The molecule has 106 valence electrons. The number of hydrogen-bond acceptors (Lipinski definition) is 5. The number of aromatic nitrogens is 1. The number of carbonyl (C=O) groups excluding carboxylic acids is 1. The van der Waals surface area contributed by atoms with Gasteiger partial charge in [0.15, 0.2) is 0 Å². The van der Waals surface area contributed by atoms with Crippen molar-refractivity contribution in [1.82, 2.24) is 15.2 Å². The van der Waals surface area contributed by atoms with Crippen molar-refractivity contribution in [3.63, 3.8) is 0 Å². The van der Waals surface area contributed by atoms with E-state index in [4.69, 9.17) is 5.73 Å². The summed E-state index contributed by atoms with van der Waals surface area (Å²) in [4.78, 5) is 18.8. The Morgan fingerprint density at radius 3 is 2.95 bits per heavy atom. The van der Waals surface area contributed by atoms with Crippen molar-refractivity contribution in [1.29, 1.82) is 0 Å². The maximum Gasteiger partial charge on any atom is 0.270 e. The maximum atomic E-state index is 12.1. The molecule has 1 fully saturated rings. The van der Waals surface area contributed by atoms with Crippen molar-refractivity contribution >= 4 is 17.2 Å². The average molecular weight is 282 g/mol. The average Bonchev–Trinajstić information content (AvgIpc) is 2.89. The fourth-order valence-electron chi connectivity index (χ4n) is 2.31. The Balaban J connectivity index is 1.83. The molecule has 1 aliphatic rings. The number of nitrogens with two attached hydrogens (primary N) is 1. The molecule has 0 unspecified atom stereocenters. The summed E-state index contributed by atoms with van der Waals surface area (Å²) < 4.78 is 0. The van der Waals surface area contributed by atoms with Gasteiger partial charge in [-0.15, -0.1) is 11.3 Å². The van der Waals surface area contributed by atoms with E-state index in [1.807, 2.05) is 5.38 Å². The zero-order valence-electron chi connectivity index (χ0n) is 11.4. The fourth-order valence-corrected chi connectivity index (χ4v) is 3.10. The molecule has 0 atom stereocenters. The Morgan fingerprint density at radius 2 is 2.32 bits per heavy atom. The summed E-state index contributed by atoms with van der Waals surface area (Å²) in [5.74, 6) is -0.0468. The number of likely N-dealkylation sites (tertiary alicyclic amines) is 1. The van der Waals surface area contributed by atoms with Gasteiger partial charge in [0.2, 0.25) is 0 Å². The molecule has 0 spiro atoms. The number of piperidine rings is 1. The van der Waals surface area contributed by atoms with Crippen molar-refractivity contribution in [2.75, 3.05) is 26.2 Å². The molecule has 2 rings (SSSR count). The van der Waals surface area contributed by atoms with Gasteiger partial charge >= 0.3 is 0 Å². The first-order valence-corrected chi connectivity index (χ1v) is 7.78. The van der Waals surface area contributed by atoms with E-state index in [2.05, 4.69) is 22.1 Å². The molecule has 1 aromatic heterocycles. The number of carbonyl (C=O) groups is 1. The highest BCUT2D eigenvalue weighted by Crippen LogP contribution is 2.13. The van der Waals surface area contributed by atoms with Gasteiger partial charge in [0.05, 0.1) is 5.01 Å². The molecule has 6 heteroatoms. The lowest BCUT2D eigenvalue weighted by molar-refractivity contribution is 0.0908. The van der Waals surface area contributed by atoms with Crippen LogP contribution < -0.4 is 11.1 Å². The molecule has 1 aliphatic heterocycles. The molecule has 5 nitrogen and oxygen atoms in total. The van der Waals surface area contributed by atoms with Gasteiger partial charge in [-0.3, -0.25) is 4.79 Å². The summed E-state index contributed by atoms with van der Waals surface area (Å²) >= 11 is 1.51. The van der Waals surface area contributed by atoms with Crippen molar-refractivity contribution in [2.24, 2.45) is 5.73 Å². The smallest absolute Gasteiger partial charge is 0.270 e. The van der Waals surface area contributed by atoms with Crippen LogP contribution in [0.2, 0.25) is 0 Å². The zero-order valence-corrected chi connectivity index (χ0v) is 12.2. The van der Waals surface area contributed by atoms with E-state index in [1.54, 1.807) is 0 Å². The van der Waals surface area contributed by atoms with Crippen LogP contribution in [0.25, 0.3) is 0 Å². The zero-order chi connectivity index (χ0) is 13.7. The second-order valence-corrected chi connectivity index (χ2v) is 5.79. The number of hydrogen-bond donors (Lipinski definition) is 2. The number of thiazole rings is 1. The third-order valence-electron chi connectivity index (χ3n) is 3.51. The molecule has 19 heavy (non-hydrogen) atoms. The third-order valence-corrected chi connectivity index (χ3v) is 4.42. The third kappa shape index (κ3) is 3.99. The quantitative estimate of drug-likeness (QED) is 0.840. The van der Waals surface area contributed by atoms with E-state index in [9.17, 15) is 4.79 Å². The Morgan fingerprint density at radius 1 is 1.58 bits per heavy atom. The van der Waals surface area contributed by atoms with Gasteiger partial charge in [0.1, 0.15) is 5.69 Å². The van der Waals surface area contributed by atoms with Gasteiger partial charge in [-0.1, -0.05) is 6.92 Å². The molecule has 2 heterocycles. The Hall–Kier alpha value is -0.980. The number of amides is 1. The van der Waals surface area contributed by atoms with E-state index in [0.29, 0.717) is 12.2 Å². The Bertz CT molecular complexity index is 413. The molecular formula is C13H22N4OS. The normalized spacial score (nSPS) is 17.6. The first kappa shape index (κ1) is 14.4. The minimum atomic E-state index is -0.0468. The highest BCUT2D eigenvalue weighted by Gasteiger charge is 2.21. The number of nitrogens with one attached hydrogen (secondary N) is 1. The molecular weight excluding hydrogens is 260 g/mol. The van der Waals surface area contributed by atoms with Crippen LogP contribution in [0.4, 0.5) is 0 Å². The van der Waals surface area contributed by atoms with Gasteiger partial charge in [-0.2, -0.15) is 0 Å². The van der Waals surface area contributed by atoms with E-state index in [0.717, 1.165) is 43.9 Å². The van der Waals surface area contributed by atoms with Crippen molar-refractivity contribution in [3.8, 4) is 0 Å². The van der Waals surface area contributed by atoms with Crippen LogP contribution in [0.3, 0.4) is 0 Å². The van der Waals surface area contributed by atoms with E-state index in [1.165, 1.54) is 11.3 Å². The largest absolute Gasteiger partial charge is 0.348 e. The highest BCUT2D eigenvalue weighted by atomic mass is 32.1. The molecule has 0 aliphatic carbocycles. The SMILES string of the molecule is CCN1CCC(NC(=O)c2csc(CCN)n2)CC1. The highest BCUT2D eigenvalue weighted by molar-refractivity contribution is 7.09. The standard InChI is InChI=1S/C13H22N4OS/c1-2-17-7-4-10(5-8-17)15-13(18)11-9-19-12(16-11)3-6-14/h9-10H,2-8,14H2,1H3,(H,15,18). The van der Waals surface area contributed by atoms with Crippen LogP contribution in [-0.4, -0.2) is 48.0 Å². The minimum Gasteiger partial charge on any atom is -0.348 e. The molecule has 1 saturated heterocycles. The Labute approximate surface area is 118 Å². The lowest BCUT2D eigenvalue weighted by Crippen LogP contribution is -2.44. The number of nitrogens with zero attached hydrogens (tertiary/aromatic N) is 2. The van der Waals surface area contributed by atoms with Crippen molar-refractivity contribution in [3.05, 3.63) is 16.1 Å². The van der Waals surface area contributed by atoms with Crippen LogP contribution in [0.1, 0.15) is 35.3 Å². The summed E-state index contributed by atoms with van der Waals surface area (Å²) in [7, 11) is 0. The molecule has 0 saturated carbocycles. The van der Waals surface area contributed by atoms with Gasteiger partial charge in [0.25, 0.3) is 5.91 Å². The molecule has 0 aromatic carbocycles. The van der Waals surface area contributed by atoms with Crippen molar-refractivity contribution in [2.45, 2.75) is 32.2 Å². The molecule has 1 amide bonds. The van der Waals surface area contributed by atoms with Gasteiger partial charge in [-0.25, -0.2) is 4.98 Å². The molecule has 0 bridgehead atoms. The first-order chi connectivity index (χ1) is 9.22. The summed E-state index contributed by atoms with van der Waals surface area (Å²) in [6.07, 6.45) is 2.80. The predicted octanol–water partition coefficient (Wildman–Crippen LogP) is 0.858. The second kappa shape index (κ2) is 6.98. The summed E-state index contributed by atoms with van der Waals surface area (Å²) in [5.41, 5.74) is 6.02. The lowest BCUT2D eigenvalue weighted by Gasteiger charge is -2.31. The maximum absolute atomic E-state index is 12.1. The van der Waals surface area contributed by atoms with E-state index < -0.39 is 0 Å². The monoisotopic (exact) mass is 282 g/mol. The van der Waals surface area contributed by atoms with Crippen LogP contribution in [0, 0.1) is 0 Å². The lowest BCUT2D eigenvalue weighted by atomic mass is 10.1. The van der Waals surface area contributed by atoms with Crippen LogP contribution >= 0.6 is 11.3 Å². The van der Waals surface area contributed by atoms with E-state index in [-0.39, 0.29) is 11.9 Å². The number of rotatable bonds is 5. The van der Waals surface area contributed by atoms with Crippen LogP contribution in [0.15, 0.2) is 5.38 Å². The topological polar surface area (TPSA) is 71.2 Å². The van der Waals surface area contributed by atoms with Gasteiger partial charge in [0, 0.05) is 30.9 Å². The van der Waals surface area contributed by atoms with Crippen molar-refractivity contribution < 1.29 is 4.79 Å². The minimum absolute atomic E-state index is 0.0468. The van der Waals surface area contributed by atoms with Gasteiger partial charge < -0.3 is 16.0 Å². The van der Waals surface area contributed by atoms with Crippen LogP contribution in [-0.2, 0) is 6.42 Å². The molecule has 0 radical (unpaired) electrons. The molecule has 3 N–H and O–H groups in total. The Kier molecular flexibility index (Phi) is 5.30. The summed E-state index contributed by atoms with van der Waals surface area (Å²) in [5, 5.41) is 5.84. The van der Waals surface area contributed by atoms with E-state index >= 15 is 0 Å². The summed E-state index contributed by atoms with van der Waals surface area (Å²) in [6, 6.07) is 0.287. The second-order valence-electron chi connectivity index (χ2n) is 4.85. The fraction of sp³-hybridized carbons (Fsp3) is 0.692.